The molecule has 0 radical (unpaired) electrons. The fourth-order valence-corrected chi connectivity index (χ4v) is 2.10. The summed E-state index contributed by atoms with van der Waals surface area (Å²) in [6.07, 6.45) is 0.301. The zero-order valence-electron chi connectivity index (χ0n) is 10.8. The van der Waals surface area contributed by atoms with E-state index in [9.17, 15) is 5.11 Å². The molecule has 0 aromatic carbocycles. The van der Waals surface area contributed by atoms with E-state index in [1.165, 1.54) is 0 Å². The molecule has 0 aliphatic heterocycles. The molecule has 0 amide bonds. The van der Waals surface area contributed by atoms with Gasteiger partial charge < -0.3 is 9.84 Å². The Bertz CT molecular complexity index is 347. The van der Waals surface area contributed by atoms with Gasteiger partial charge >= 0.3 is 0 Å². The summed E-state index contributed by atoms with van der Waals surface area (Å²) in [7, 11) is 1.68. The molecule has 0 aliphatic rings. The molecule has 1 aromatic heterocycles. The van der Waals surface area contributed by atoms with E-state index < -0.39 is 6.10 Å². The predicted octanol–water partition coefficient (Wildman–Crippen LogP) is 2.15. The first-order valence-corrected chi connectivity index (χ1v) is 5.75. The number of rotatable bonds is 5. The van der Waals surface area contributed by atoms with E-state index in [1.54, 1.807) is 7.11 Å². The average molecular weight is 226 g/mol. The highest BCUT2D eigenvalue weighted by Crippen LogP contribution is 2.25. The van der Waals surface area contributed by atoms with Crippen LogP contribution in [0.4, 0.5) is 0 Å². The molecule has 1 heterocycles. The summed E-state index contributed by atoms with van der Waals surface area (Å²) < 4.78 is 7.06. The van der Waals surface area contributed by atoms with Crippen LogP contribution in [0.2, 0.25) is 0 Å². The van der Waals surface area contributed by atoms with Crippen LogP contribution < -0.4 is 0 Å². The van der Waals surface area contributed by atoms with Gasteiger partial charge in [0.25, 0.3) is 0 Å². The molecule has 0 saturated carbocycles. The van der Waals surface area contributed by atoms with E-state index in [-0.39, 0.29) is 6.04 Å². The summed E-state index contributed by atoms with van der Waals surface area (Å²) in [5.74, 6) is 0. The van der Waals surface area contributed by atoms with Crippen molar-refractivity contribution in [3.05, 3.63) is 17.0 Å². The largest absolute Gasteiger partial charge is 0.388 e. The van der Waals surface area contributed by atoms with Crippen LogP contribution in [0.1, 0.15) is 49.4 Å². The van der Waals surface area contributed by atoms with Crippen LogP contribution in [-0.4, -0.2) is 28.6 Å². The molecule has 0 aliphatic carbocycles. The van der Waals surface area contributed by atoms with Gasteiger partial charge in [-0.1, -0.05) is 6.92 Å². The smallest absolute Gasteiger partial charge is 0.0823 e. The van der Waals surface area contributed by atoms with Crippen LogP contribution in [0.25, 0.3) is 0 Å². The Morgan fingerprint density at radius 3 is 2.56 bits per heavy atom. The number of ether oxygens (including phenoxy) is 1. The minimum Gasteiger partial charge on any atom is -0.388 e. The molecule has 0 bridgehead atoms. The minimum atomic E-state index is -0.413. The normalized spacial score (nSPS) is 15.1. The molecule has 1 rings (SSSR count). The number of aliphatic hydroxyl groups excluding tert-OH is 1. The summed E-state index contributed by atoms with van der Waals surface area (Å²) >= 11 is 0. The van der Waals surface area contributed by atoms with E-state index in [0.717, 1.165) is 17.0 Å². The van der Waals surface area contributed by atoms with Gasteiger partial charge in [-0.05, 0) is 27.2 Å². The van der Waals surface area contributed by atoms with Crippen molar-refractivity contribution in [1.82, 2.24) is 9.78 Å². The molecule has 2 atom stereocenters. The Balaban J connectivity index is 3.06. The molecule has 1 aromatic rings. The van der Waals surface area contributed by atoms with E-state index in [2.05, 4.69) is 12.0 Å². The van der Waals surface area contributed by atoms with Gasteiger partial charge in [-0.15, -0.1) is 0 Å². The topological polar surface area (TPSA) is 47.3 Å². The van der Waals surface area contributed by atoms with Crippen molar-refractivity contribution in [2.24, 2.45) is 0 Å². The van der Waals surface area contributed by atoms with Crippen molar-refractivity contribution >= 4 is 0 Å². The molecular formula is C12H22N2O2. The van der Waals surface area contributed by atoms with Gasteiger partial charge in [-0.25, -0.2) is 0 Å². The maximum absolute atomic E-state index is 9.93. The van der Waals surface area contributed by atoms with Crippen LogP contribution in [0, 0.1) is 13.8 Å². The fourth-order valence-electron chi connectivity index (χ4n) is 2.10. The second-order valence-corrected chi connectivity index (χ2v) is 4.26. The van der Waals surface area contributed by atoms with Crippen molar-refractivity contribution in [2.45, 2.75) is 46.3 Å². The predicted molar refractivity (Wildman–Crippen MR) is 63.5 cm³/mol. The first-order valence-electron chi connectivity index (χ1n) is 5.75. The lowest BCUT2D eigenvalue weighted by atomic mass is 10.1. The molecule has 2 unspecified atom stereocenters. The van der Waals surface area contributed by atoms with Crippen molar-refractivity contribution in [3.63, 3.8) is 0 Å². The molecule has 1 N–H and O–H groups in total. The van der Waals surface area contributed by atoms with E-state index in [0.29, 0.717) is 13.0 Å². The summed E-state index contributed by atoms with van der Waals surface area (Å²) in [4.78, 5) is 0. The second kappa shape index (κ2) is 5.46. The van der Waals surface area contributed by atoms with Crippen LogP contribution in [0.15, 0.2) is 0 Å². The molecule has 0 spiro atoms. The molecule has 16 heavy (non-hydrogen) atoms. The van der Waals surface area contributed by atoms with Crippen molar-refractivity contribution < 1.29 is 9.84 Å². The Morgan fingerprint density at radius 2 is 2.06 bits per heavy atom. The Morgan fingerprint density at radius 1 is 1.44 bits per heavy atom. The number of hydrogen-bond acceptors (Lipinski definition) is 3. The maximum atomic E-state index is 9.93. The van der Waals surface area contributed by atoms with Crippen LogP contribution in [0.3, 0.4) is 0 Å². The number of aryl methyl sites for hydroxylation is 1. The highest BCUT2D eigenvalue weighted by molar-refractivity contribution is 5.27. The van der Waals surface area contributed by atoms with Crippen LogP contribution in [0.5, 0.6) is 0 Å². The molecule has 4 heteroatoms. The highest BCUT2D eigenvalue weighted by Gasteiger charge is 2.19. The first-order chi connectivity index (χ1) is 7.52. The third-order valence-corrected chi connectivity index (χ3v) is 2.93. The monoisotopic (exact) mass is 226 g/mol. The molecule has 4 nitrogen and oxygen atoms in total. The number of aromatic nitrogens is 2. The van der Waals surface area contributed by atoms with Crippen molar-refractivity contribution in [2.75, 3.05) is 13.7 Å². The van der Waals surface area contributed by atoms with Crippen LogP contribution >= 0.6 is 0 Å². The molecule has 0 saturated heterocycles. The lowest BCUT2D eigenvalue weighted by Gasteiger charge is -2.14. The van der Waals surface area contributed by atoms with Gasteiger partial charge in [0.15, 0.2) is 0 Å². The van der Waals surface area contributed by atoms with Crippen molar-refractivity contribution in [3.8, 4) is 0 Å². The highest BCUT2D eigenvalue weighted by atomic mass is 16.5. The minimum absolute atomic E-state index is 0.196. The van der Waals surface area contributed by atoms with Gasteiger partial charge in [-0.3, -0.25) is 4.68 Å². The quantitative estimate of drug-likeness (QED) is 0.837. The third-order valence-electron chi connectivity index (χ3n) is 2.93. The van der Waals surface area contributed by atoms with E-state index in [4.69, 9.17) is 4.74 Å². The number of methoxy groups -OCH3 is 1. The SMILES string of the molecule is CCC(O)c1c(C)nn(C(C)COC)c1C. The third kappa shape index (κ3) is 2.44. The van der Waals surface area contributed by atoms with E-state index >= 15 is 0 Å². The van der Waals surface area contributed by atoms with Gasteiger partial charge in [0.1, 0.15) is 0 Å². The Hall–Kier alpha value is -0.870. The number of aliphatic hydroxyl groups is 1. The summed E-state index contributed by atoms with van der Waals surface area (Å²) in [5, 5.41) is 14.4. The van der Waals surface area contributed by atoms with Crippen molar-refractivity contribution in [1.29, 1.82) is 0 Å². The van der Waals surface area contributed by atoms with Gasteiger partial charge in [0, 0.05) is 18.4 Å². The summed E-state index contributed by atoms with van der Waals surface area (Å²) in [5.41, 5.74) is 2.91. The lowest BCUT2D eigenvalue weighted by molar-refractivity contribution is 0.154. The zero-order valence-corrected chi connectivity index (χ0v) is 10.8. The molecule has 92 valence electrons. The molecule has 0 fully saturated rings. The average Bonchev–Trinajstić information content (AvgIpc) is 2.54. The standard InChI is InChI=1S/C12H22N2O2/c1-6-11(15)12-9(3)13-14(10(12)4)8(2)7-16-5/h8,11,15H,6-7H2,1-5H3. The lowest BCUT2D eigenvalue weighted by Crippen LogP contribution is -2.14. The first kappa shape index (κ1) is 13.2. The maximum Gasteiger partial charge on any atom is 0.0823 e. The number of hydrogen-bond donors (Lipinski definition) is 1. The van der Waals surface area contributed by atoms with Gasteiger partial charge in [0.05, 0.1) is 24.4 Å². The van der Waals surface area contributed by atoms with E-state index in [1.807, 2.05) is 25.5 Å². The summed E-state index contributed by atoms with van der Waals surface area (Å²) in [6.45, 7) is 8.60. The number of nitrogens with zero attached hydrogens (tertiary/aromatic N) is 2. The summed E-state index contributed by atoms with van der Waals surface area (Å²) in [6, 6.07) is 0.196. The Kier molecular flexibility index (Phi) is 4.50. The van der Waals surface area contributed by atoms with Gasteiger partial charge in [0.2, 0.25) is 0 Å². The second-order valence-electron chi connectivity index (χ2n) is 4.26. The van der Waals surface area contributed by atoms with Crippen LogP contribution in [-0.2, 0) is 4.74 Å². The Labute approximate surface area is 97.2 Å². The van der Waals surface area contributed by atoms with Gasteiger partial charge in [-0.2, -0.15) is 5.10 Å². The molecular weight excluding hydrogens is 204 g/mol. The zero-order chi connectivity index (χ0) is 12.3. The fraction of sp³-hybridized carbons (Fsp3) is 0.750.